The molecule has 0 aliphatic carbocycles. The zero-order valence-electron chi connectivity index (χ0n) is 13.5. The van der Waals surface area contributed by atoms with E-state index in [1.54, 1.807) is 0 Å². The second-order valence-electron chi connectivity index (χ2n) is 5.74. The molecule has 132 valence electrons. The van der Waals surface area contributed by atoms with E-state index >= 15 is 0 Å². The summed E-state index contributed by atoms with van der Waals surface area (Å²) in [5.74, 6) is 0.00287. The van der Waals surface area contributed by atoms with Gasteiger partial charge >= 0.3 is 0 Å². The van der Waals surface area contributed by atoms with Gasteiger partial charge in [-0.15, -0.1) is 0 Å². The van der Waals surface area contributed by atoms with Crippen LogP contribution in [0.5, 0.6) is 0 Å². The monoisotopic (exact) mass is 344 g/mol. The smallest absolute Gasteiger partial charge is 0.254 e. The topological polar surface area (TPSA) is 117 Å². The van der Waals surface area contributed by atoms with Crippen molar-refractivity contribution in [2.24, 2.45) is 0 Å². The van der Waals surface area contributed by atoms with E-state index in [1.165, 1.54) is 12.4 Å². The quantitative estimate of drug-likeness (QED) is 0.622. The number of nitrogens with one attached hydrogen (secondary N) is 2. The summed E-state index contributed by atoms with van der Waals surface area (Å²) in [6.45, 7) is 0.0696. The van der Waals surface area contributed by atoms with Crippen molar-refractivity contribution >= 4 is 17.5 Å². The molecule has 1 aliphatic rings. The molecule has 2 aromatic rings. The lowest BCUT2D eigenvalue weighted by atomic mass is 9.99. The Balaban J connectivity index is 1.61. The van der Waals surface area contributed by atoms with E-state index < -0.39 is 18.2 Å². The van der Waals surface area contributed by atoms with Gasteiger partial charge in [-0.05, 0) is 18.6 Å². The van der Waals surface area contributed by atoms with E-state index in [-0.39, 0.29) is 18.1 Å². The Morgan fingerprint density at radius 3 is 2.64 bits per heavy atom. The number of hydrogen-bond donors (Lipinski definition) is 4. The average Bonchev–Trinajstić information content (AvgIpc) is 2.65. The molecule has 0 radical (unpaired) electrons. The number of carbonyl (C=O) groups is 1. The molecular formula is C17H20N4O4. The van der Waals surface area contributed by atoms with Gasteiger partial charge in [0.1, 0.15) is 12.2 Å². The second-order valence-corrected chi connectivity index (χ2v) is 5.74. The number of hydrogen-bond acceptors (Lipinski definition) is 7. The molecule has 0 saturated carbocycles. The largest absolute Gasteiger partial charge is 0.394 e. The van der Waals surface area contributed by atoms with Crippen molar-refractivity contribution in [1.82, 2.24) is 15.3 Å². The van der Waals surface area contributed by atoms with Crippen LogP contribution in [0.3, 0.4) is 0 Å². The summed E-state index contributed by atoms with van der Waals surface area (Å²) in [5, 5.41) is 25.0. The molecule has 1 fully saturated rings. The lowest BCUT2D eigenvalue weighted by Gasteiger charge is -2.34. The van der Waals surface area contributed by atoms with E-state index in [1.807, 2.05) is 30.3 Å². The zero-order chi connectivity index (χ0) is 17.6. The van der Waals surface area contributed by atoms with Crippen molar-refractivity contribution in [2.45, 2.75) is 24.7 Å². The summed E-state index contributed by atoms with van der Waals surface area (Å²) in [6.07, 6.45) is 1.67. The van der Waals surface area contributed by atoms with E-state index in [2.05, 4.69) is 20.6 Å². The maximum atomic E-state index is 12.3. The highest BCUT2D eigenvalue weighted by Gasteiger charge is 2.33. The van der Waals surface area contributed by atoms with Gasteiger partial charge in [0.05, 0.1) is 18.2 Å². The first-order valence-corrected chi connectivity index (χ1v) is 8.03. The molecule has 2 heterocycles. The number of para-hydroxylation sites is 1. The van der Waals surface area contributed by atoms with Crippen LogP contribution in [0, 0.1) is 0 Å². The van der Waals surface area contributed by atoms with Crippen LogP contribution in [0.4, 0.5) is 11.6 Å². The van der Waals surface area contributed by atoms with Crippen molar-refractivity contribution in [3.8, 4) is 0 Å². The van der Waals surface area contributed by atoms with Crippen molar-refractivity contribution in [1.29, 1.82) is 0 Å². The van der Waals surface area contributed by atoms with Crippen LogP contribution in [0.1, 0.15) is 16.8 Å². The van der Waals surface area contributed by atoms with Gasteiger partial charge < -0.3 is 25.6 Å². The van der Waals surface area contributed by atoms with Crippen molar-refractivity contribution < 1.29 is 19.7 Å². The highest BCUT2D eigenvalue weighted by atomic mass is 16.5. The third kappa shape index (κ3) is 4.30. The number of aliphatic hydroxyl groups excluding tert-OH is 2. The van der Waals surface area contributed by atoms with Crippen LogP contribution < -0.4 is 10.6 Å². The fourth-order valence-corrected chi connectivity index (χ4v) is 2.61. The molecule has 25 heavy (non-hydrogen) atoms. The number of amides is 1. The van der Waals surface area contributed by atoms with E-state index in [0.29, 0.717) is 19.0 Å². The van der Waals surface area contributed by atoms with E-state index in [9.17, 15) is 9.90 Å². The molecule has 1 amide bonds. The zero-order valence-corrected chi connectivity index (χ0v) is 13.5. The first-order valence-electron chi connectivity index (χ1n) is 8.03. The van der Waals surface area contributed by atoms with Crippen LogP contribution in [0.25, 0.3) is 0 Å². The SMILES string of the molecule is O=C(N[C@H]1CCO[C@H](CO)[C@H]1O)c1cnc(Nc2ccccc2)nc1. The summed E-state index contributed by atoms with van der Waals surface area (Å²) < 4.78 is 5.24. The maximum absolute atomic E-state index is 12.3. The van der Waals surface area contributed by atoms with Crippen LogP contribution in [0.15, 0.2) is 42.7 Å². The fourth-order valence-electron chi connectivity index (χ4n) is 2.61. The van der Waals surface area contributed by atoms with Crippen LogP contribution in [0.2, 0.25) is 0 Å². The van der Waals surface area contributed by atoms with Crippen molar-refractivity contribution in [3.05, 3.63) is 48.3 Å². The molecular weight excluding hydrogens is 324 g/mol. The molecule has 1 aliphatic heterocycles. The van der Waals surface area contributed by atoms with Gasteiger partial charge in [-0.1, -0.05) is 18.2 Å². The molecule has 3 atom stereocenters. The molecule has 4 N–H and O–H groups in total. The summed E-state index contributed by atoms with van der Waals surface area (Å²) in [5.41, 5.74) is 1.14. The Morgan fingerprint density at radius 2 is 1.96 bits per heavy atom. The molecule has 1 saturated heterocycles. The summed E-state index contributed by atoms with van der Waals surface area (Å²) in [7, 11) is 0. The number of aromatic nitrogens is 2. The number of aliphatic hydroxyl groups is 2. The third-order valence-corrected chi connectivity index (χ3v) is 3.99. The average molecular weight is 344 g/mol. The van der Waals surface area contributed by atoms with Gasteiger partial charge in [-0.3, -0.25) is 4.79 Å². The van der Waals surface area contributed by atoms with Gasteiger partial charge in [-0.25, -0.2) is 9.97 Å². The van der Waals surface area contributed by atoms with Crippen LogP contribution >= 0.6 is 0 Å². The van der Waals surface area contributed by atoms with Crippen molar-refractivity contribution in [3.63, 3.8) is 0 Å². The van der Waals surface area contributed by atoms with E-state index in [0.717, 1.165) is 5.69 Å². The highest BCUT2D eigenvalue weighted by Crippen LogP contribution is 2.16. The minimum absolute atomic E-state index is 0.290. The predicted molar refractivity (Wildman–Crippen MR) is 90.5 cm³/mol. The Hall–Kier alpha value is -2.55. The van der Waals surface area contributed by atoms with Crippen LogP contribution in [-0.2, 0) is 4.74 Å². The third-order valence-electron chi connectivity index (χ3n) is 3.99. The minimum Gasteiger partial charge on any atom is -0.394 e. The summed E-state index contributed by atoms with van der Waals surface area (Å²) in [4.78, 5) is 20.6. The van der Waals surface area contributed by atoms with E-state index in [4.69, 9.17) is 9.84 Å². The molecule has 3 rings (SSSR count). The van der Waals surface area contributed by atoms with Gasteiger partial charge in [0.2, 0.25) is 5.95 Å². The first-order chi connectivity index (χ1) is 12.2. The number of nitrogens with zero attached hydrogens (tertiary/aromatic N) is 2. The van der Waals surface area contributed by atoms with Crippen molar-refractivity contribution in [2.75, 3.05) is 18.5 Å². The number of ether oxygens (including phenoxy) is 1. The van der Waals surface area contributed by atoms with Crippen LogP contribution in [-0.4, -0.2) is 57.6 Å². The lowest BCUT2D eigenvalue weighted by molar-refractivity contribution is -0.107. The predicted octanol–water partition coefficient (Wildman–Crippen LogP) is 0.461. The Kier molecular flexibility index (Phi) is 5.54. The number of carbonyl (C=O) groups excluding carboxylic acids is 1. The Morgan fingerprint density at radius 1 is 1.24 bits per heavy atom. The molecule has 0 bridgehead atoms. The molecule has 8 heteroatoms. The number of anilines is 2. The Labute approximate surface area is 144 Å². The van der Waals surface area contributed by atoms with Gasteiger partial charge in [0.25, 0.3) is 5.91 Å². The second kappa shape index (κ2) is 8.02. The molecule has 1 aromatic carbocycles. The van der Waals surface area contributed by atoms with Gasteiger partial charge in [0, 0.05) is 24.7 Å². The molecule has 0 spiro atoms. The number of benzene rings is 1. The molecule has 8 nitrogen and oxygen atoms in total. The summed E-state index contributed by atoms with van der Waals surface area (Å²) >= 11 is 0. The van der Waals surface area contributed by atoms with Gasteiger partial charge in [-0.2, -0.15) is 0 Å². The van der Waals surface area contributed by atoms with Gasteiger partial charge in [0.15, 0.2) is 0 Å². The minimum atomic E-state index is -0.956. The molecule has 0 unspecified atom stereocenters. The maximum Gasteiger partial charge on any atom is 0.254 e. The molecule has 1 aromatic heterocycles. The normalized spacial score (nSPS) is 23.0. The standard InChI is InChI=1S/C17H20N4O4/c22-10-14-15(23)13(6-7-25-14)21-16(24)11-8-18-17(19-9-11)20-12-4-2-1-3-5-12/h1-5,8-9,13-15,22-23H,6-7,10H2,(H,21,24)(H,18,19,20)/t13-,14+,15-/m0/s1. The fraction of sp³-hybridized carbons (Fsp3) is 0.353. The number of rotatable bonds is 5. The highest BCUT2D eigenvalue weighted by molar-refractivity contribution is 5.93. The summed E-state index contributed by atoms with van der Waals surface area (Å²) in [6, 6.07) is 8.97. The first kappa shape index (κ1) is 17.3. The lowest BCUT2D eigenvalue weighted by Crippen LogP contribution is -2.54. The Bertz CT molecular complexity index is 696.